The maximum Gasteiger partial charge on any atom is 0.00966 e. The minimum absolute atomic E-state index is 0.448. The standard InChI is InChI=1S/C16H30N2/c1-11-7-12(2)15(16(17)8-11)10-18(14-5-6-14)9-13-3-4-13/h11-16H,3-10,17H2,1-2H3. The summed E-state index contributed by atoms with van der Waals surface area (Å²) in [6, 6.07) is 1.37. The molecule has 0 heterocycles. The fourth-order valence-corrected chi connectivity index (χ4v) is 4.00. The number of hydrogen-bond acceptors (Lipinski definition) is 2. The molecule has 3 aliphatic carbocycles. The van der Waals surface area contributed by atoms with Gasteiger partial charge in [0.25, 0.3) is 0 Å². The Hall–Kier alpha value is -0.0800. The van der Waals surface area contributed by atoms with Gasteiger partial charge in [-0.1, -0.05) is 13.8 Å². The highest BCUT2D eigenvalue weighted by Crippen LogP contribution is 2.38. The van der Waals surface area contributed by atoms with Crippen molar-refractivity contribution in [2.24, 2.45) is 29.4 Å². The van der Waals surface area contributed by atoms with Crippen molar-refractivity contribution in [3.8, 4) is 0 Å². The first-order valence-corrected chi connectivity index (χ1v) is 8.13. The van der Waals surface area contributed by atoms with E-state index >= 15 is 0 Å². The van der Waals surface area contributed by atoms with E-state index in [0.717, 1.165) is 29.7 Å². The molecule has 0 bridgehead atoms. The van der Waals surface area contributed by atoms with Crippen LogP contribution in [0.25, 0.3) is 0 Å². The van der Waals surface area contributed by atoms with Crippen LogP contribution < -0.4 is 5.73 Å². The predicted octanol–water partition coefficient (Wildman–Crippen LogP) is 2.87. The lowest BCUT2D eigenvalue weighted by Gasteiger charge is -2.40. The maximum absolute atomic E-state index is 6.45. The highest BCUT2D eigenvalue weighted by Gasteiger charge is 2.38. The van der Waals surface area contributed by atoms with Crippen molar-refractivity contribution in [2.45, 2.75) is 64.5 Å². The van der Waals surface area contributed by atoms with E-state index in [4.69, 9.17) is 5.73 Å². The minimum Gasteiger partial charge on any atom is -0.327 e. The lowest BCUT2D eigenvalue weighted by atomic mass is 9.72. The van der Waals surface area contributed by atoms with Crippen LogP contribution in [0.1, 0.15) is 52.4 Å². The summed E-state index contributed by atoms with van der Waals surface area (Å²) < 4.78 is 0. The molecule has 104 valence electrons. The lowest BCUT2D eigenvalue weighted by molar-refractivity contribution is 0.111. The lowest BCUT2D eigenvalue weighted by Crippen LogP contribution is -2.47. The zero-order valence-electron chi connectivity index (χ0n) is 12.1. The van der Waals surface area contributed by atoms with E-state index < -0.39 is 0 Å². The molecule has 3 rings (SSSR count). The van der Waals surface area contributed by atoms with Crippen molar-refractivity contribution in [2.75, 3.05) is 13.1 Å². The van der Waals surface area contributed by atoms with Crippen LogP contribution in [0.4, 0.5) is 0 Å². The summed E-state index contributed by atoms with van der Waals surface area (Å²) in [4.78, 5) is 2.80. The summed E-state index contributed by atoms with van der Waals surface area (Å²) in [5.41, 5.74) is 6.45. The molecule has 0 aromatic rings. The van der Waals surface area contributed by atoms with Crippen LogP contribution in [0.3, 0.4) is 0 Å². The van der Waals surface area contributed by atoms with E-state index in [1.54, 1.807) is 0 Å². The van der Waals surface area contributed by atoms with Crippen LogP contribution in [0, 0.1) is 23.7 Å². The minimum atomic E-state index is 0.448. The van der Waals surface area contributed by atoms with Crippen molar-refractivity contribution < 1.29 is 0 Å². The summed E-state index contributed by atoms with van der Waals surface area (Å²) in [6.07, 6.45) is 8.48. The third-order valence-electron chi connectivity index (χ3n) is 5.43. The Morgan fingerprint density at radius 3 is 2.28 bits per heavy atom. The molecule has 3 fully saturated rings. The average Bonchev–Trinajstić information content (AvgIpc) is 3.12. The predicted molar refractivity (Wildman–Crippen MR) is 76.3 cm³/mol. The molecule has 0 aromatic carbocycles. The molecule has 0 amide bonds. The monoisotopic (exact) mass is 250 g/mol. The van der Waals surface area contributed by atoms with Gasteiger partial charge in [0.2, 0.25) is 0 Å². The van der Waals surface area contributed by atoms with Crippen LogP contribution in [-0.4, -0.2) is 30.1 Å². The maximum atomic E-state index is 6.45. The molecule has 2 nitrogen and oxygen atoms in total. The third-order valence-corrected chi connectivity index (χ3v) is 5.43. The SMILES string of the molecule is CC1CC(C)C(CN(CC2CC2)C2CC2)C(N)C1. The molecule has 18 heavy (non-hydrogen) atoms. The number of hydrogen-bond donors (Lipinski definition) is 1. The van der Waals surface area contributed by atoms with Crippen molar-refractivity contribution in [1.29, 1.82) is 0 Å². The summed E-state index contributed by atoms with van der Waals surface area (Å²) in [6.45, 7) is 7.46. The molecule has 0 aliphatic heterocycles. The summed E-state index contributed by atoms with van der Waals surface area (Å²) in [7, 11) is 0. The van der Waals surface area contributed by atoms with Crippen LogP contribution in [0.2, 0.25) is 0 Å². The van der Waals surface area contributed by atoms with Gasteiger partial charge in [0.05, 0.1) is 0 Å². The van der Waals surface area contributed by atoms with Gasteiger partial charge in [0.1, 0.15) is 0 Å². The van der Waals surface area contributed by atoms with Gasteiger partial charge in [0.15, 0.2) is 0 Å². The summed E-state index contributed by atoms with van der Waals surface area (Å²) >= 11 is 0. The number of nitrogens with zero attached hydrogens (tertiary/aromatic N) is 1. The summed E-state index contributed by atoms with van der Waals surface area (Å²) in [5.74, 6) is 3.44. The van der Waals surface area contributed by atoms with Gasteiger partial charge in [-0.15, -0.1) is 0 Å². The van der Waals surface area contributed by atoms with Crippen LogP contribution >= 0.6 is 0 Å². The van der Waals surface area contributed by atoms with Crippen molar-refractivity contribution in [3.05, 3.63) is 0 Å². The van der Waals surface area contributed by atoms with Crippen molar-refractivity contribution in [3.63, 3.8) is 0 Å². The normalized spacial score (nSPS) is 41.3. The molecule has 3 aliphatic rings. The molecule has 0 radical (unpaired) electrons. The molecule has 0 aromatic heterocycles. The van der Waals surface area contributed by atoms with Crippen molar-refractivity contribution in [1.82, 2.24) is 4.90 Å². The Labute approximate surface area is 112 Å². The van der Waals surface area contributed by atoms with Crippen LogP contribution in [0.5, 0.6) is 0 Å². The zero-order chi connectivity index (χ0) is 12.7. The van der Waals surface area contributed by atoms with E-state index in [1.165, 1.54) is 51.6 Å². The average molecular weight is 250 g/mol. The molecule has 0 saturated heterocycles. The molecular formula is C16H30N2. The largest absolute Gasteiger partial charge is 0.327 e. The van der Waals surface area contributed by atoms with Crippen LogP contribution in [-0.2, 0) is 0 Å². The smallest absolute Gasteiger partial charge is 0.00966 e. The quantitative estimate of drug-likeness (QED) is 0.813. The van der Waals surface area contributed by atoms with Gasteiger partial charge in [0, 0.05) is 25.2 Å². The highest BCUT2D eigenvalue weighted by atomic mass is 15.2. The van der Waals surface area contributed by atoms with E-state index in [9.17, 15) is 0 Å². The highest BCUT2D eigenvalue weighted by molar-refractivity contribution is 4.93. The number of rotatable bonds is 5. The van der Waals surface area contributed by atoms with E-state index in [-0.39, 0.29) is 0 Å². The Morgan fingerprint density at radius 1 is 1.00 bits per heavy atom. The van der Waals surface area contributed by atoms with Gasteiger partial charge in [-0.2, -0.15) is 0 Å². The van der Waals surface area contributed by atoms with E-state index in [1.807, 2.05) is 0 Å². The Morgan fingerprint density at radius 2 is 1.72 bits per heavy atom. The number of nitrogens with two attached hydrogens (primary N) is 1. The fraction of sp³-hybridized carbons (Fsp3) is 1.00. The van der Waals surface area contributed by atoms with Gasteiger partial charge in [-0.25, -0.2) is 0 Å². The van der Waals surface area contributed by atoms with Gasteiger partial charge < -0.3 is 5.73 Å². The Balaban J connectivity index is 1.58. The molecule has 2 heteroatoms. The molecule has 3 saturated carbocycles. The molecular weight excluding hydrogens is 220 g/mol. The molecule has 4 atom stereocenters. The van der Waals surface area contributed by atoms with Gasteiger partial charge in [-0.05, 0) is 62.2 Å². The topological polar surface area (TPSA) is 29.3 Å². The zero-order valence-corrected chi connectivity index (χ0v) is 12.1. The van der Waals surface area contributed by atoms with Crippen LogP contribution in [0.15, 0.2) is 0 Å². The first-order chi connectivity index (χ1) is 8.63. The van der Waals surface area contributed by atoms with E-state index in [0.29, 0.717) is 6.04 Å². The second-order valence-electron chi connectivity index (χ2n) is 7.51. The van der Waals surface area contributed by atoms with Gasteiger partial charge >= 0.3 is 0 Å². The first kappa shape index (κ1) is 12.9. The van der Waals surface area contributed by atoms with E-state index in [2.05, 4.69) is 18.7 Å². The third kappa shape index (κ3) is 3.08. The Bertz CT molecular complexity index is 271. The summed E-state index contributed by atoms with van der Waals surface area (Å²) in [5, 5.41) is 0. The first-order valence-electron chi connectivity index (χ1n) is 8.13. The second kappa shape index (κ2) is 5.13. The van der Waals surface area contributed by atoms with Crippen molar-refractivity contribution >= 4 is 0 Å². The van der Waals surface area contributed by atoms with Gasteiger partial charge in [-0.3, -0.25) is 4.90 Å². The molecule has 4 unspecified atom stereocenters. The molecule has 0 spiro atoms. The fourth-order valence-electron chi connectivity index (χ4n) is 4.00. The second-order valence-corrected chi connectivity index (χ2v) is 7.51. The molecule has 2 N–H and O–H groups in total. The Kier molecular flexibility index (Phi) is 3.68.